The molecule has 7 heteroatoms. The number of ether oxygens (including phenoxy) is 1. The van der Waals surface area contributed by atoms with Gasteiger partial charge in [0.05, 0.1) is 13.2 Å². The van der Waals surface area contributed by atoms with E-state index in [1.807, 2.05) is 55.5 Å². The van der Waals surface area contributed by atoms with E-state index in [1.54, 1.807) is 4.90 Å². The molecule has 2 amide bonds. The number of carbonyl (C=O) groups is 3. The standard InChI is InChI=1S/C23H23N3O4/c1-14-21(17-9-5-6-10-18(17)25-14)22-15-7-3-4-8-16(15)23(29)26(22)12-11-19(27)24-13-20(28)30-2/h3-10,22,25H,11-13H2,1-2H3,(H,24,27)/t22-/m0/s1. The van der Waals surface area contributed by atoms with Crippen LogP contribution in [0.5, 0.6) is 0 Å². The molecule has 0 bridgehead atoms. The minimum absolute atomic E-state index is 0.0919. The fourth-order valence-electron chi connectivity index (χ4n) is 4.12. The number of nitrogens with zero attached hydrogens (tertiary/aromatic N) is 1. The minimum Gasteiger partial charge on any atom is -0.468 e. The zero-order valence-electron chi connectivity index (χ0n) is 16.9. The molecule has 1 aromatic heterocycles. The SMILES string of the molecule is COC(=O)CNC(=O)CCN1C(=O)c2ccccc2[C@H]1c1c(C)[nH]c2ccccc12. The number of amides is 2. The van der Waals surface area contributed by atoms with E-state index in [4.69, 9.17) is 0 Å². The lowest BCUT2D eigenvalue weighted by Crippen LogP contribution is -2.35. The van der Waals surface area contributed by atoms with E-state index < -0.39 is 5.97 Å². The maximum absolute atomic E-state index is 13.2. The Kier molecular flexibility index (Phi) is 5.27. The Bertz CT molecular complexity index is 1130. The predicted octanol–water partition coefficient (Wildman–Crippen LogP) is 2.70. The maximum atomic E-state index is 13.2. The Morgan fingerprint density at radius 1 is 1.13 bits per heavy atom. The predicted molar refractivity (Wildman–Crippen MR) is 112 cm³/mol. The molecule has 0 saturated carbocycles. The Hall–Kier alpha value is -3.61. The highest BCUT2D eigenvalue weighted by Crippen LogP contribution is 2.42. The third-order valence-electron chi connectivity index (χ3n) is 5.51. The lowest BCUT2D eigenvalue weighted by molar-refractivity contribution is -0.141. The van der Waals surface area contributed by atoms with E-state index in [0.29, 0.717) is 5.56 Å². The van der Waals surface area contributed by atoms with Crippen molar-refractivity contribution in [2.75, 3.05) is 20.2 Å². The summed E-state index contributed by atoms with van der Waals surface area (Å²) in [7, 11) is 1.27. The molecule has 0 aliphatic carbocycles. The van der Waals surface area contributed by atoms with Gasteiger partial charge in [0.15, 0.2) is 0 Å². The van der Waals surface area contributed by atoms with Gasteiger partial charge in [-0.2, -0.15) is 0 Å². The van der Waals surface area contributed by atoms with E-state index in [0.717, 1.165) is 27.7 Å². The smallest absolute Gasteiger partial charge is 0.325 e. The molecule has 2 N–H and O–H groups in total. The van der Waals surface area contributed by atoms with Crippen LogP contribution in [0, 0.1) is 6.92 Å². The summed E-state index contributed by atoms with van der Waals surface area (Å²) in [6.07, 6.45) is 0.0919. The van der Waals surface area contributed by atoms with Gasteiger partial charge in [-0.05, 0) is 24.6 Å². The number of aryl methyl sites for hydroxylation is 1. The zero-order valence-corrected chi connectivity index (χ0v) is 16.9. The van der Waals surface area contributed by atoms with E-state index in [2.05, 4.69) is 15.0 Å². The summed E-state index contributed by atoms with van der Waals surface area (Å²) in [4.78, 5) is 41.8. The molecule has 154 valence electrons. The van der Waals surface area contributed by atoms with Crippen molar-refractivity contribution in [2.24, 2.45) is 0 Å². The second kappa shape index (κ2) is 8.02. The molecule has 0 radical (unpaired) electrons. The number of benzene rings is 2. The molecule has 2 aromatic carbocycles. The van der Waals surface area contributed by atoms with Crippen molar-refractivity contribution in [3.05, 3.63) is 70.9 Å². The Labute approximate surface area is 174 Å². The molecule has 1 atom stereocenters. The first kappa shape index (κ1) is 19.7. The van der Waals surface area contributed by atoms with Crippen molar-refractivity contribution in [3.8, 4) is 0 Å². The third kappa shape index (κ3) is 3.43. The maximum Gasteiger partial charge on any atom is 0.325 e. The summed E-state index contributed by atoms with van der Waals surface area (Å²) in [6, 6.07) is 15.3. The lowest BCUT2D eigenvalue weighted by atomic mass is 9.95. The Morgan fingerprint density at radius 3 is 2.67 bits per heavy atom. The van der Waals surface area contributed by atoms with E-state index in [9.17, 15) is 14.4 Å². The number of nitrogens with one attached hydrogen (secondary N) is 2. The van der Waals surface area contributed by atoms with Crippen LogP contribution in [-0.4, -0.2) is 47.9 Å². The van der Waals surface area contributed by atoms with E-state index in [-0.39, 0.29) is 37.4 Å². The minimum atomic E-state index is -0.514. The number of aromatic amines is 1. The highest BCUT2D eigenvalue weighted by molar-refractivity contribution is 6.01. The number of methoxy groups -OCH3 is 1. The molecule has 7 nitrogen and oxygen atoms in total. The van der Waals surface area contributed by atoms with Crippen LogP contribution in [0.2, 0.25) is 0 Å². The topological polar surface area (TPSA) is 91.5 Å². The number of H-pyrrole nitrogens is 1. The number of hydrogen-bond acceptors (Lipinski definition) is 4. The normalized spacial score (nSPS) is 15.3. The molecule has 0 fully saturated rings. The fraction of sp³-hybridized carbons (Fsp3) is 0.261. The first-order valence-corrected chi connectivity index (χ1v) is 9.82. The molecule has 1 aliphatic rings. The van der Waals surface area contributed by atoms with Gasteiger partial charge in [-0.15, -0.1) is 0 Å². The quantitative estimate of drug-likeness (QED) is 0.617. The van der Waals surface area contributed by atoms with Crippen LogP contribution in [-0.2, 0) is 14.3 Å². The zero-order chi connectivity index (χ0) is 21.3. The largest absolute Gasteiger partial charge is 0.468 e. The first-order valence-electron chi connectivity index (χ1n) is 9.82. The molecule has 1 aliphatic heterocycles. The number of carbonyl (C=O) groups excluding carboxylic acids is 3. The summed E-state index contributed by atoms with van der Waals surface area (Å²) < 4.78 is 4.54. The van der Waals surface area contributed by atoms with Crippen molar-refractivity contribution < 1.29 is 19.1 Å². The number of aromatic nitrogens is 1. The van der Waals surface area contributed by atoms with Crippen LogP contribution >= 0.6 is 0 Å². The number of rotatable bonds is 6. The van der Waals surface area contributed by atoms with Gasteiger partial charge in [0.25, 0.3) is 5.91 Å². The molecule has 0 unspecified atom stereocenters. The van der Waals surface area contributed by atoms with Crippen LogP contribution < -0.4 is 5.32 Å². The summed E-state index contributed by atoms with van der Waals surface area (Å²) >= 11 is 0. The lowest BCUT2D eigenvalue weighted by Gasteiger charge is -2.26. The molecule has 4 rings (SSSR count). The molecule has 2 heterocycles. The van der Waals surface area contributed by atoms with Gasteiger partial charge >= 0.3 is 5.97 Å². The van der Waals surface area contributed by atoms with E-state index in [1.165, 1.54) is 7.11 Å². The van der Waals surface area contributed by atoms with Crippen LogP contribution in [0.4, 0.5) is 0 Å². The molecule has 30 heavy (non-hydrogen) atoms. The fourth-order valence-corrected chi connectivity index (χ4v) is 4.12. The van der Waals surface area contributed by atoms with Crippen molar-refractivity contribution in [2.45, 2.75) is 19.4 Å². The van der Waals surface area contributed by atoms with Gasteiger partial charge < -0.3 is 19.9 Å². The molecule has 0 spiro atoms. The Morgan fingerprint density at radius 2 is 1.87 bits per heavy atom. The van der Waals surface area contributed by atoms with Crippen molar-refractivity contribution in [1.29, 1.82) is 0 Å². The second-order valence-electron chi connectivity index (χ2n) is 7.30. The average molecular weight is 405 g/mol. The highest BCUT2D eigenvalue weighted by atomic mass is 16.5. The van der Waals surface area contributed by atoms with Gasteiger partial charge in [0, 0.05) is 40.7 Å². The summed E-state index contributed by atoms with van der Waals surface area (Å²) in [5.74, 6) is -0.917. The highest BCUT2D eigenvalue weighted by Gasteiger charge is 2.39. The van der Waals surface area contributed by atoms with Gasteiger partial charge in [-0.3, -0.25) is 14.4 Å². The number of fused-ring (bicyclic) bond motifs is 2. The van der Waals surface area contributed by atoms with Crippen molar-refractivity contribution in [1.82, 2.24) is 15.2 Å². The van der Waals surface area contributed by atoms with Gasteiger partial charge in [-0.25, -0.2) is 0 Å². The number of para-hydroxylation sites is 1. The average Bonchev–Trinajstić information content (AvgIpc) is 3.23. The second-order valence-corrected chi connectivity index (χ2v) is 7.30. The summed E-state index contributed by atoms with van der Waals surface area (Å²) in [6.45, 7) is 2.06. The van der Waals surface area contributed by atoms with Gasteiger partial charge in [0.1, 0.15) is 6.54 Å². The van der Waals surface area contributed by atoms with Crippen LogP contribution in [0.3, 0.4) is 0 Å². The van der Waals surface area contributed by atoms with E-state index >= 15 is 0 Å². The molecular weight excluding hydrogens is 382 g/mol. The van der Waals surface area contributed by atoms with Crippen LogP contribution in [0.25, 0.3) is 10.9 Å². The number of hydrogen-bond donors (Lipinski definition) is 2. The van der Waals surface area contributed by atoms with Gasteiger partial charge in [0.2, 0.25) is 5.91 Å². The van der Waals surface area contributed by atoms with Crippen molar-refractivity contribution >= 4 is 28.7 Å². The monoisotopic (exact) mass is 405 g/mol. The molecule has 0 saturated heterocycles. The summed E-state index contributed by atoms with van der Waals surface area (Å²) in [5, 5.41) is 3.59. The number of esters is 1. The molecule has 3 aromatic rings. The van der Waals surface area contributed by atoms with Gasteiger partial charge in [-0.1, -0.05) is 36.4 Å². The third-order valence-corrected chi connectivity index (χ3v) is 5.51. The van der Waals surface area contributed by atoms with Crippen LogP contribution in [0.15, 0.2) is 48.5 Å². The summed E-state index contributed by atoms with van der Waals surface area (Å²) in [5.41, 5.74) is 4.63. The van der Waals surface area contributed by atoms with Crippen molar-refractivity contribution in [3.63, 3.8) is 0 Å². The first-order chi connectivity index (χ1) is 14.5. The molecular formula is C23H23N3O4. The van der Waals surface area contributed by atoms with Crippen LogP contribution in [0.1, 0.15) is 39.6 Å². The Balaban J connectivity index is 1.66.